The maximum atomic E-state index is 5.55. The highest BCUT2D eigenvalue weighted by molar-refractivity contribution is 7.99. The van der Waals surface area contributed by atoms with Crippen LogP contribution in [0.15, 0.2) is 29.2 Å². The minimum absolute atomic E-state index is 0.419. The van der Waals surface area contributed by atoms with E-state index in [2.05, 4.69) is 38.1 Å². The molecule has 0 saturated carbocycles. The molecule has 1 aromatic carbocycles. The van der Waals surface area contributed by atoms with Crippen molar-refractivity contribution in [3.8, 4) is 0 Å². The van der Waals surface area contributed by atoms with Gasteiger partial charge in [0.05, 0.1) is 4.99 Å². The van der Waals surface area contributed by atoms with Crippen LogP contribution < -0.4 is 5.73 Å². The van der Waals surface area contributed by atoms with E-state index in [4.69, 9.17) is 18.0 Å². The first-order valence-corrected chi connectivity index (χ1v) is 7.04. The lowest BCUT2D eigenvalue weighted by Gasteiger charge is -2.11. The van der Waals surface area contributed by atoms with Gasteiger partial charge in [-0.1, -0.05) is 38.2 Å². The summed E-state index contributed by atoms with van der Waals surface area (Å²) in [5.74, 6) is 1.60. The predicted molar refractivity (Wildman–Crippen MR) is 77.3 cm³/mol. The second kappa shape index (κ2) is 6.92. The number of hydrogen-bond acceptors (Lipinski definition) is 2. The van der Waals surface area contributed by atoms with Gasteiger partial charge in [-0.05, 0) is 35.8 Å². The SMILES string of the molecule is CCCSc1ccc(C(C)CC(N)=S)cc1. The van der Waals surface area contributed by atoms with E-state index in [0.717, 1.165) is 6.42 Å². The van der Waals surface area contributed by atoms with Gasteiger partial charge in [-0.15, -0.1) is 11.8 Å². The Hall–Kier alpha value is -0.540. The molecule has 88 valence electrons. The molecular weight excluding hydrogens is 234 g/mol. The van der Waals surface area contributed by atoms with E-state index in [1.54, 1.807) is 0 Å². The molecule has 1 nitrogen and oxygen atoms in total. The molecule has 2 N–H and O–H groups in total. The number of thioether (sulfide) groups is 1. The topological polar surface area (TPSA) is 26.0 Å². The van der Waals surface area contributed by atoms with Crippen molar-refractivity contribution in [3.63, 3.8) is 0 Å². The van der Waals surface area contributed by atoms with Crippen LogP contribution in [-0.2, 0) is 0 Å². The number of thiocarbonyl (C=S) groups is 1. The normalized spacial score (nSPS) is 12.4. The van der Waals surface area contributed by atoms with Gasteiger partial charge in [0.2, 0.25) is 0 Å². The molecule has 0 aliphatic rings. The summed E-state index contributed by atoms with van der Waals surface area (Å²) in [6.45, 7) is 4.36. The summed E-state index contributed by atoms with van der Waals surface area (Å²) >= 11 is 6.83. The molecular formula is C13H19NS2. The molecule has 16 heavy (non-hydrogen) atoms. The fraction of sp³-hybridized carbons (Fsp3) is 0.462. The molecule has 0 aromatic heterocycles. The Bertz CT molecular complexity index is 332. The average molecular weight is 253 g/mol. The van der Waals surface area contributed by atoms with Crippen molar-refractivity contribution in [2.24, 2.45) is 5.73 Å². The predicted octanol–water partition coefficient (Wildman–Crippen LogP) is 3.97. The molecule has 0 fully saturated rings. The Morgan fingerprint density at radius 2 is 2.00 bits per heavy atom. The smallest absolute Gasteiger partial charge is 0.0733 e. The monoisotopic (exact) mass is 253 g/mol. The molecule has 0 bridgehead atoms. The second-order valence-electron chi connectivity index (χ2n) is 3.99. The van der Waals surface area contributed by atoms with Crippen molar-refractivity contribution in [1.82, 2.24) is 0 Å². The van der Waals surface area contributed by atoms with Gasteiger partial charge in [0, 0.05) is 11.3 Å². The number of hydrogen-bond donors (Lipinski definition) is 1. The number of benzene rings is 1. The van der Waals surface area contributed by atoms with Gasteiger partial charge < -0.3 is 5.73 Å². The summed E-state index contributed by atoms with van der Waals surface area (Å²) in [5, 5.41) is 0. The first-order chi connectivity index (χ1) is 7.63. The zero-order chi connectivity index (χ0) is 12.0. The van der Waals surface area contributed by atoms with E-state index in [-0.39, 0.29) is 0 Å². The third-order valence-corrected chi connectivity index (χ3v) is 3.81. The minimum Gasteiger partial charge on any atom is -0.393 e. The average Bonchev–Trinajstić information content (AvgIpc) is 2.26. The molecule has 0 aliphatic heterocycles. The molecule has 0 saturated heterocycles. The van der Waals surface area contributed by atoms with E-state index < -0.39 is 0 Å². The van der Waals surface area contributed by atoms with Crippen LogP contribution in [0.4, 0.5) is 0 Å². The first kappa shape index (κ1) is 13.5. The van der Waals surface area contributed by atoms with Crippen LogP contribution in [0.2, 0.25) is 0 Å². The van der Waals surface area contributed by atoms with Crippen molar-refractivity contribution < 1.29 is 0 Å². The van der Waals surface area contributed by atoms with Gasteiger partial charge in [0.25, 0.3) is 0 Å². The molecule has 0 amide bonds. The van der Waals surface area contributed by atoms with Crippen LogP contribution in [0.3, 0.4) is 0 Å². The van der Waals surface area contributed by atoms with Crippen LogP contribution in [0.25, 0.3) is 0 Å². The van der Waals surface area contributed by atoms with Gasteiger partial charge in [-0.2, -0.15) is 0 Å². The van der Waals surface area contributed by atoms with Crippen molar-refractivity contribution in [2.75, 3.05) is 5.75 Å². The van der Waals surface area contributed by atoms with E-state index in [1.807, 2.05) is 11.8 Å². The highest BCUT2D eigenvalue weighted by Crippen LogP contribution is 2.24. The van der Waals surface area contributed by atoms with Gasteiger partial charge in [-0.3, -0.25) is 0 Å². The summed E-state index contributed by atoms with van der Waals surface area (Å²) in [5.41, 5.74) is 6.87. The van der Waals surface area contributed by atoms with Crippen LogP contribution >= 0.6 is 24.0 Å². The van der Waals surface area contributed by atoms with E-state index in [1.165, 1.54) is 22.6 Å². The summed E-state index contributed by atoms with van der Waals surface area (Å²) in [6, 6.07) is 8.74. The second-order valence-corrected chi connectivity index (χ2v) is 5.68. The van der Waals surface area contributed by atoms with Crippen LogP contribution in [0.5, 0.6) is 0 Å². The molecule has 1 unspecified atom stereocenters. The van der Waals surface area contributed by atoms with E-state index in [9.17, 15) is 0 Å². The maximum Gasteiger partial charge on any atom is 0.0733 e. The minimum atomic E-state index is 0.419. The summed E-state index contributed by atoms with van der Waals surface area (Å²) in [7, 11) is 0. The van der Waals surface area contributed by atoms with Gasteiger partial charge in [-0.25, -0.2) is 0 Å². The molecule has 1 rings (SSSR count). The first-order valence-electron chi connectivity index (χ1n) is 5.64. The Morgan fingerprint density at radius 1 is 1.38 bits per heavy atom. The summed E-state index contributed by atoms with van der Waals surface area (Å²) in [4.78, 5) is 1.94. The Labute approximate surface area is 108 Å². The Kier molecular flexibility index (Phi) is 5.85. The van der Waals surface area contributed by atoms with E-state index in [0.29, 0.717) is 10.9 Å². The largest absolute Gasteiger partial charge is 0.393 e. The van der Waals surface area contributed by atoms with Gasteiger partial charge in [0.1, 0.15) is 0 Å². The third-order valence-electron chi connectivity index (χ3n) is 2.43. The fourth-order valence-electron chi connectivity index (χ4n) is 1.53. The lowest BCUT2D eigenvalue weighted by Crippen LogP contribution is -2.11. The molecule has 0 spiro atoms. The molecule has 0 heterocycles. The van der Waals surface area contributed by atoms with Crippen molar-refractivity contribution >= 4 is 29.0 Å². The standard InChI is InChI=1S/C13H19NS2/c1-3-8-16-12-6-4-11(5-7-12)10(2)9-13(14)15/h4-7,10H,3,8-9H2,1-2H3,(H2,14,15). The highest BCUT2D eigenvalue weighted by Gasteiger charge is 2.06. The molecule has 1 atom stereocenters. The summed E-state index contributed by atoms with van der Waals surface area (Å²) in [6.07, 6.45) is 2.00. The van der Waals surface area contributed by atoms with Crippen molar-refractivity contribution in [2.45, 2.75) is 37.5 Å². The fourth-order valence-corrected chi connectivity index (χ4v) is 2.55. The van der Waals surface area contributed by atoms with Gasteiger partial charge in [0.15, 0.2) is 0 Å². The zero-order valence-corrected chi connectivity index (χ0v) is 11.5. The van der Waals surface area contributed by atoms with Crippen molar-refractivity contribution in [3.05, 3.63) is 29.8 Å². The Morgan fingerprint density at radius 3 is 2.50 bits per heavy atom. The Balaban J connectivity index is 2.59. The number of rotatable bonds is 6. The summed E-state index contributed by atoms with van der Waals surface area (Å²) < 4.78 is 0. The van der Waals surface area contributed by atoms with E-state index >= 15 is 0 Å². The zero-order valence-electron chi connectivity index (χ0n) is 9.90. The molecule has 1 aromatic rings. The van der Waals surface area contributed by atoms with Crippen molar-refractivity contribution in [1.29, 1.82) is 0 Å². The number of nitrogens with two attached hydrogens (primary N) is 1. The maximum absolute atomic E-state index is 5.55. The lowest BCUT2D eigenvalue weighted by molar-refractivity contribution is 0.805. The van der Waals surface area contributed by atoms with Crippen LogP contribution in [0.1, 0.15) is 38.2 Å². The van der Waals surface area contributed by atoms with Gasteiger partial charge >= 0.3 is 0 Å². The molecule has 3 heteroatoms. The third kappa shape index (κ3) is 4.54. The highest BCUT2D eigenvalue weighted by atomic mass is 32.2. The van der Waals surface area contributed by atoms with Crippen LogP contribution in [0, 0.1) is 0 Å². The van der Waals surface area contributed by atoms with Crippen LogP contribution in [-0.4, -0.2) is 10.7 Å². The molecule has 0 aliphatic carbocycles. The quantitative estimate of drug-likeness (QED) is 0.613. The molecule has 0 radical (unpaired) electrons. The lowest BCUT2D eigenvalue weighted by atomic mass is 9.98.